The molecule has 29 heavy (non-hydrogen) atoms. The van der Waals surface area contributed by atoms with Crippen molar-refractivity contribution >= 4 is 16.7 Å². The quantitative estimate of drug-likeness (QED) is 0.368. The lowest BCUT2D eigenvalue weighted by Gasteiger charge is -2.14. The van der Waals surface area contributed by atoms with Gasteiger partial charge in [0.25, 0.3) is 0 Å². The molecule has 0 atom stereocenters. The van der Waals surface area contributed by atoms with Gasteiger partial charge >= 0.3 is 5.97 Å². The number of ether oxygens (including phenoxy) is 2. The van der Waals surface area contributed by atoms with Crippen molar-refractivity contribution in [3.05, 3.63) is 90.1 Å². The van der Waals surface area contributed by atoms with Crippen LogP contribution in [-0.4, -0.2) is 18.1 Å². The molecular formula is C24H16N2O3. The van der Waals surface area contributed by atoms with E-state index in [1.54, 1.807) is 61.8 Å². The second-order valence-corrected chi connectivity index (χ2v) is 6.30. The number of pyridine rings is 1. The minimum Gasteiger partial charge on any atom is -0.481 e. The molecule has 3 aromatic carbocycles. The summed E-state index contributed by atoms with van der Waals surface area (Å²) in [5.74, 6) is 0.408. The van der Waals surface area contributed by atoms with Crippen molar-refractivity contribution in [3.63, 3.8) is 0 Å². The molecule has 0 aliphatic heterocycles. The summed E-state index contributed by atoms with van der Waals surface area (Å²) in [6, 6.07) is 23.5. The van der Waals surface area contributed by atoms with Gasteiger partial charge < -0.3 is 9.47 Å². The minimum absolute atomic E-state index is 0.413. The van der Waals surface area contributed by atoms with Gasteiger partial charge in [-0.05, 0) is 42.0 Å². The molecule has 0 aliphatic carbocycles. The number of carbonyl (C=O) groups is 1. The third-order valence-corrected chi connectivity index (χ3v) is 4.57. The molecule has 140 valence electrons. The number of nitriles is 1. The monoisotopic (exact) mass is 380 g/mol. The molecule has 0 spiro atoms. The summed E-state index contributed by atoms with van der Waals surface area (Å²) in [5.41, 5.74) is 2.66. The third kappa shape index (κ3) is 3.52. The highest BCUT2D eigenvalue weighted by Gasteiger charge is 2.17. The van der Waals surface area contributed by atoms with Crippen LogP contribution in [0.15, 0.2) is 79.0 Å². The Morgan fingerprint density at radius 3 is 2.41 bits per heavy atom. The van der Waals surface area contributed by atoms with Crippen molar-refractivity contribution in [1.82, 2.24) is 4.98 Å². The molecule has 1 aromatic heterocycles. The average molecular weight is 380 g/mol. The summed E-state index contributed by atoms with van der Waals surface area (Å²) in [6.07, 6.45) is 1.68. The second kappa shape index (κ2) is 7.83. The van der Waals surface area contributed by atoms with Crippen LogP contribution >= 0.6 is 0 Å². The molecular weight excluding hydrogens is 364 g/mol. The van der Waals surface area contributed by atoms with Crippen LogP contribution in [0.25, 0.3) is 21.9 Å². The number of hydrogen-bond acceptors (Lipinski definition) is 5. The van der Waals surface area contributed by atoms with Crippen molar-refractivity contribution in [2.45, 2.75) is 0 Å². The first kappa shape index (κ1) is 18.2. The summed E-state index contributed by atoms with van der Waals surface area (Å²) in [5, 5.41) is 10.5. The zero-order chi connectivity index (χ0) is 20.2. The number of fused-ring (bicyclic) bond motifs is 1. The number of methoxy groups -OCH3 is 1. The van der Waals surface area contributed by atoms with Crippen LogP contribution in [0.2, 0.25) is 0 Å². The zero-order valence-electron chi connectivity index (χ0n) is 15.6. The Morgan fingerprint density at radius 1 is 0.966 bits per heavy atom. The first-order valence-electron chi connectivity index (χ1n) is 8.94. The molecule has 1 heterocycles. The van der Waals surface area contributed by atoms with Crippen LogP contribution < -0.4 is 9.47 Å². The average Bonchev–Trinajstić information content (AvgIpc) is 2.79. The van der Waals surface area contributed by atoms with Gasteiger partial charge in [0.1, 0.15) is 5.75 Å². The van der Waals surface area contributed by atoms with Gasteiger partial charge in [-0.25, -0.2) is 9.78 Å². The topological polar surface area (TPSA) is 72.2 Å². The summed E-state index contributed by atoms with van der Waals surface area (Å²) < 4.78 is 11.2. The first-order chi connectivity index (χ1) is 14.2. The van der Waals surface area contributed by atoms with Crippen LogP contribution in [0.5, 0.6) is 11.6 Å². The number of carbonyl (C=O) groups excluding carboxylic acids is 1. The Balaban J connectivity index is 1.88. The van der Waals surface area contributed by atoms with Gasteiger partial charge in [0.05, 0.1) is 24.3 Å². The molecule has 0 fully saturated rings. The van der Waals surface area contributed by atoms with Crippen molar-refractivity contribution in [1.29, 1.82) is 5.26 Å². The molecule has 0 radical (unpaired) electrons. The van der Waals surface area contributed by atoms with E-state index in [4.69, 9.17) is 14.7 Å². The molecule has 4 aromatic rings. The molecule has 0 aliphatic rings. The van der Waals surface area contributed by atoms with E-state index >= 15 is 0 Å². The lowest BCUT2D eigenvalue weighted by atomic mass is 9.99. The van der Waals surface area contributed by atoms with Crippen LogP contribution in [0.4, 0.5) is 0 Å². The SMILES string of the molecule is COc1ncc(-c2ccc(C#N)cc2)c2c(OC(=O)c3ccccc3)cccc12. The van der Waals surface area contributed by atoms with E-state index in [0.717, 1.165) is 16.5 Å². The van der Waals surface area contributed by atoms with E-state index in [-0.39, 0.29) is 0 Å². The third-order valence-electron chi connectivity index (χ3n) is 4.57. The highest BCUT2D eigenvalue weighted by Crippen LogP contribution is 2.38. The Hall–Kier alpha value is -4.17. The second-order valence-electron chi connectivity index (χ2n) is 6.30. The Kier molecular flexibility index (Phi) is 4.91. The zero-order valence-corrected chi connectivity index (χ0v) is 15.6. The van der Waals surface area contributed by atoms with Crippen molar-refractivity contribution < 1.29 is 14.3 Å². The first-order valence-corrected chi connectivity index (χ1v) is 8.94. The number of hydrogen-bond donors (Lipinski definition) is 0. The molecule has 4 rings (SSSR count). The van der Waals surface area contributed by atoms with E-state index in [0.29, 0.717) is 28.1 Å². The molecule has 0 unspecified atom stereocenters. The van der Waals surface area contributed by atoms with E-state index in [1.807, 2.05) is 24.3 Å². The number of aromatic nitrogens is 1. The fraction of sp³-hybridized carbons (Fsp3) is 0.0417. The van der Waals surface area contributed by atoms with Crippen LogP contribution in [0.3, 0.4) is 0 Å². The molecule has 0 saturated carbocycles. The Morgan fingerprint density at radius 2 is 1.72 bits per heavy atom. The molecule has 5 heteroatoms. The lowest BCUT2D eigenvalue weighted by Crippen LogP contribution is -2.08. The van der Waals surface area contributed by atoms with Gasteiger partial charge in [0.15, 0.2) is 0 Å². The van der Waals surface area contributed by atoms with Crippen LogP contribution in [0, 0.1) is 11.3 Å². The number of rotatable bonds is 4. The molecule has 0 saturated heterocycles. The van der Waals surface area contributed by atoms with Crippen LogP contribution in [-0.2, 0) is 0 Å². The van der Waals surface area contributed by atoms with Gasteiger partial charge in [-0.3, -0.25) is 0 Å². The predicted octanol–water partition coefficient (Wildman–Crippen LogP) is 5.00. The smallest absolute Gasteiger partial charge is 0.343 e. The van der Waals surface area contributed by atoms with Crippen LogP contribution in [0.1, 0.15) is 15.9 Å². The van der Waals surface area contributed by atoms with Gasteiger partial charge in [0.2, 0.25) is 5.88 Å². The minimum atomic E-state index is -0.445. The summed E-state index contributed by atoms with van der Waals surface area (Å²) in [4.78, 5) is 17.0. The standard InChI is InChI=1S/C24H16N2O3/c1-28-23-19-8-5-9-21(29-24(27)18-6-3-2-4-7-18)22(19)20(15-26-23)17-12-10-16(14-25)11-13-17/h2-13,15H,1H3. The molecule has 0 N–H and O–H groups in total. The molecule has 0 bridgehead atoms. The number of esters is 1. The highest BCUT2D eigenvalue weighted by molar-refractivity contribution is 6.04. The fourth-order valence-corrected chi connectivity index (χ4v) is 3.17. The fourth-order valence-electron chi connectivity index (χ4n) is 3.17. The number of benzene rings is 3. The maximum Gasteiger partial charge on any atom is 0.343 e. The summed E-state index contributed by atoms with van der Waals surface area (Å²) in [6.45, 7) is 0. The largest absolute Gasteiger partial charge is 0.481 e. The van der Waals surface area contributed by atoms with Crippen molar-refractivity contribution in [3.8, 4) is 28.8 Å². The van der Waals surface area contributed by atoms with Gasteiger partial charge in [-0.1, -0.05) is 36.4 Å². The van der Waals surface area contributed by atoms with Gasteiger partial charge in [-0.2, -0.15) is 5.26 Å². The van der Waals surface area contributed by atoms with E-state index < -0.39 is 5.97 Å². The highest BCUT2D eigenvalue weighted by atomic mass is 16.5. The normalized spacial score (nSPS) is 10.3. The predicted molar refractivity (Wildman–Crippen MR) is 110 cm³/mol. The van der Waals surface area contributed by atoms with Gasteiger partial charge in [0, 0.05) is 22.5 Å². The van der Waals surface area contributed by atoms with Crippen molar-refractivity contribution in [2.24, 2.45) is 0 Å². The van der Waals surface area contributed by atoms with Crippen molar-refractivity contribution in [2.75, 3.05) is 7.11 Å². The number of nitrogens with zero attached hydrogens (tertiary/aromatic N) is 2. The van der Waals surface area contributed by atoms with E-state index in [2.05, 4.69) is 11.1 Å². The lowest BCUT2D eigenvalue weighted by molar-refractivity contribution is 0.0737. The molecule has 5 nitrogen and oxygen atoms in total. The maximum atomic E-state index is 12.6. The molecule has 0 amide bonds. The summed E-state index contributed by atoms with van der Waals surface area (Å²) >= 11 is 0. The van der Waals surface area contributed by atoms with Gasteiger partial charge in [-0.15, -0.1) is 0 Å². The summed E-state index contributed by atoms with van der Waals surface area (Å²) in [7, 11) is 1.55. The Labute approximate surface area is 167 Å². The van der Waals surface area contributed by atoms with E-state index in [9.17, 15) is 4.79 Å². The van der Waals surface area contributed by atoms with E-state index in [1.165, 1.54) is 0 Å². The Bertz CT molecular complexity index is 1230. The maximum absolute atomic E-state index is 12.6.